The molecule has 0 spiro atoms. The summed E-state index contributed by atoms with van der Waals surface area (Å²) in [6, 6.07) is 10.9. The van der Waals surface area contributed by atoms with Crippen LogP contribution in [0.3, 0.4) is 0 Å². The summed E-state index contributed by atoms with van der Waals surface area (Å²) in [5.74, 6) is 0.636. The number of hydrogen-bond donors (Lipinski definition) is 1. The summed E-state index contributed by atoms with van der Waals surface area (Å²) >= 11 is 0. The predicted molar refractivity (Wildman–Crippen MR) is 83.4 cm³/mol. The van der Waals surface area contributed by atoms with E-state index in [1.165, 1.54) is 30.3 Å². The van der Waals surface area contributed by atoms with E-state index < -0.39 is 0 Å². The standard InChI is InChI=1S/C17H23N3/c1-13(18)16-6-4-8-20(12-16)11-14-9-15-5-2-3-7-17(15)19-10-14/h2-3,5,7,9-10,13,16H,4,6,8,11-12,18H2,1H3. The first kappa shape index (κ1) is 13.5. The zero-order valence-corrected chi connectivity index (χ0v) is 12.1. The normalized spacial score (nSPS) is 22.0. The number of para-hydroxylation sites is 1. The van der Waals surface area contributed by atoms with Gasteiger partial charge < -0.3 is 5.73 Å². The minimum atomic E-state index is 0.299. The number of nitrogens with two attached hydrogens (primary N) is 1. The lowest BCUT2D eigenvalue weighted by molar-refractivity contribution is 0.154. The number of likely N-dealkylation sites (tertiary alicyclic amines) is 1. The van der Waals surface area contributed by atoms with Crippen LogP contribution in [0.15, 0.2) is 36.5 Å². The smallest absolute Gasteiger partial charge is 0.0702 e. The molecule has 20 heavy (non-hydrogen) atoms. The number of hydrogen-bond acceptors (Lipinski definition) is 3. The van der Waals surface area contributed by atoms with Crippen molar-refractivity contribution in [2.24, 2.45) is 11.7 Å². The van der Waals surface area contributed by atoms with Gasteiger partial charge in [-0.1, -0.05) is 18.2 Å². The van der Waals surface area contributed by atoms with Crippen LogP contribution in [0.1, 0.15) is 25.3 Å². The molecule has 3 rings (SSSR count). The summed E-state index contributed by atoms with van der Waals surface area (Å²) in [5.41, 5.74) is 8.43. The Labute approximate surface area is 120 Å². The van der Waals surface area contributed by atoms with Gasteiger partial charge >= 0.3 is 0 Å². The highest BCUT2D eigenvalue weighted by Gasteiger charge is 2.22. The highest BCUT2D eigenvalue weighted by molar-refractivity contribution is 5.78. The minimum Gasteiger partial charge on any atom is -0.328 e. The van der Waals surface area contributed by atoms with E-state index in [1.54, 1.807) is 0 Å². The van der Waals surface area contributed by atoms with Crippen LogP contribution in [0.4, 0.5) is 0 Å². The van der Waals surface area contributed by atoms with Crippen molar-refractivity contribution in [3.8, 4) is 0 Å². The second kappa shape index (κ2) is 5.90. The third-order valence-corrected chi connectivity index (χ3v) is 4.34. The molecule has 1 aromatic heterocycles. The van der Waals surface area contributed by atoms with E-state index in [-0.39, 0.29) is 0 Å². The van der Waals surface area contributed by atoms with Crippen LogP contribution in [0.2, 0.25) is 0 Å². The van der Waals surface area contributed by atoms with E-state index in [1.807, 2.05) is 12.3 Å². The van der Waals surface area contributed by atoms with Gasteiger partial charge in [0.1, 0.15) is 0 Å². The van der Waals surface area contributed by atoms with Crippen LogP contribution >= 0.6 is 0 Å². The fraction of sp³-hybridized carbons (Fsp3) is 0.471. The van der Waals surface area contributed by atoms with Crippen molar-refractivity contribution < 1.29 is 0 Å². The maximum absolute atomic E-state index is 6.06. The number of fused-ring (bicyclic) bond motifs is 1. The zero-order chi connectivity index (χ0) is 13.9. The third-order valence-electron chi connectivity index (χ3n) is 4.34. The Balaban J connectivity index is 1.72. The van der Waals surface area contributed by atoms with Crippen molar-refractivity contribution in [2.45, 2.75) is 32.4 Å². The minimum absolute atomic E-state index is 0.299. The van der Waals surface area contributed by atoms with E-state index in [0.717, 1.165) is 18.6 Å². The number of aromatic nitrogens is 1. The molecule has 0 radical (unpaired) electrons. The summed E-state index contributed by atoms with van der Waals surface area (Å²) in [4.78, 5) is 7.07. The molecule has 0 saturated carbocycles. The van der Waals surface area contributed by atoms with Crippen molar-refractivity contribution in [1.82, 2.24) is 9.88 Å². The second-order valence-corrected chi connectivity index (χ2v) is 6.03. The molecule has 2 aromatic rings. The van der Waals surface area contributed by atoms with Crippen molar-refractivity contribution in [2.75, 3.05) is 13.1 Å². The van der Waals surface area contributed by atoms with Crippen LogP contribution in [0, 0.1) is 5.92 Å². The lowest BCUT2D eigenvalue weighted by Crippen LogP contribution is -2.41. The first-order valence-electron chi connectivity index (χ1n) is 7.54. The van der Waals surface area contributed by atoms with Gasteiger partial charge in [0.15, 0.2) is 0 Å². The van der Waals surface area contributed by atoms with Gasteiger partial charge in [0.2, 0.25) is 0 Å². The molecule has 0 amide bonds. The van der Waals surface area contributed by atoms with E-state index >= 15 is 0 Å². The van der Waals surface area contributed by atoms with Crippen LogP contribution in [-0.4, -0.2) is 29.0 Å². The Kier molecular flexibility index (Phi) is 3.99. The highest BCUT2D eigenvalue weighted by Crippen LogP contribution is 2.21. The van der Waals surface area contributed by atoms with E-state index in [0.29, 0.717) is 12.0 Å². The molecule has 2 N–H and O–H groups in total. The van der Waals surface area contributed by atoms with Crippen molar-refractivity contribution in [3.05, 3.63) is 42.1 Å². The molecule has 106 valence electrons. The molecule has 1 aliphatic heterocycles. The first-order chi connectivity index (χ1) is 9.72. The molecule has 3 nitrogen and oxygen atoms in total. The van der Waals surface area contributed by atoms with Crippen LogP contribution in [-0.2, 0) is 6.54 Å². The lowest BCUT2D eigenvalue weighted by Gasteiger charge is -2.34. The van der Waals surface area contributed by atoms with Crippen LogP contribution < -0.4 is 5.73 Å². The molecule has 0 bridgehead atoms. The summed E-state index contributed by atoms with van der Waals surface area (Å²) in [5, 5.41) is 1.23. The first-order valence-corrected chi connectivity index (χ1v) is 7.54. The van der Waals surface area contributed by atoms with Crippen LogP contribution in [0.25, 0.3) is 10.9 Å². The van der Waals surface area contributed by atoms with Gasteiger partial charge in [-0.3, -0.25) is 9.88 Å². The number of rotatable bonds is 3. The Bertz CT molecular complexity index is 579. The highest BCUT2D eigenvalue weighted by atomic mass is 15.1. The molecule has 2 atom stereocenters. The molecule has 2 unspecified atom stereocenters. The Morgan fingerprint density at radius 3 is 3.10 bits per heavy atom. The summed E-state index contributed by atoms with van der Waals surface area (Å²) in [7, 11) is 0. The van der Waals surface area contributed by atoms with Crippen molar-refractivity contribution in [1.29, 1.82) is 0 Å². The Morgan fingerprint density at radius 2 is 2.25 bits per heavy atom. The average molecular weight is 269 g/mol. The Morgan fingerprint density at radius 1 is 1.40 bits per heavy atom. The maximum atomic E-state index is 6.06. The fourth-order valence-corrected chi connectivity index (χ4v) is 3.13. The van der Waals surface area contributed by atoms with Gasteiger partial charge in [-0.2, -0.15) is 0 Å². The molecular weight excluding hydrogens is 246 g/mol. The summed E-state index contributed by atoms with van der Waals surface area (Å²) < 4.78 is 0. The molecule has 1 fully saturated rings. The monoisotopic (exact) mass is 269 g/mol. The van der Waals surface area contributed by atoms with Crippen LogP contribution in [0.5, 0.6) is 0 Å². The predicted octanol–water partition coefficient (Wildman–Crippen LogP) is 2.79. The van der Waals surface area contributed by atoms with Gasteiger partial charge in [-0.25, -0.2) is 0 Å². The summed E-state index contributed by atoms with van der Waals surface area (Å²) in [6.07, 6.45) is 4.54. The molecule has 1 aliphatic rings. The second-order valence-electron chi connectivity index (χ2n) is 6.03. The van der Waals surface area contributed by atoms with E-state index in [2.05, 4.69) is 41.1 Å². The number of nitrogens with zero attached hydrogens (tertiary/aromatic N) is 2. The lowest BCUT2D eigenvalue weighted by atomic mass is 9.92. The molecular formula is C17H23N3. The number of pyridine rings is 1. The quantitative estimate of drug-likeness (QED) is 0.931. The number of piperidine rings is 1. The van der Waals surface area contributed by atoms with Gasteiger partial charge in [-0.05, 0) is 49.9 Å². The molecule has 0 aliphatic carbocycles. The van der Waals surface area contributed by atoms with Gasteiger partial charge in [-0.15, -0.1) is 0 Å². The Hall–Kier alpha value is -1.45. The summed E-state index contributed by atoms with van der Waals surface area (Å²) in [6.45, 7) is 5.41. The topological polar surface area (TPSA) is 42.1 Å². The van der Waals surface area contributed by atoms with Gasteiger partial charge in [0.05, 0.1) is 5.52 Å². The SMILES string of the molecule is CC(N)C1CCCN(Cc2cnc3ccccc3c2)C1. The molecule has 1 aromatic carbocycles. The largest absolute Gasteiger partial charge is 0.328 e. The molecule has 1 saturated heterocycles. The fourth-order valence-electron chi connectivity index (χ4n) is 3.13. The number of benzene rings is 1. The molecule has 2 heterocycles. The molecule has 3 heteroatoms. The van der Waals surface area contributed by atoms with Gasteiger partial charge in [0.25, 0.3) is 0 Å². The maximum Gasteiger partial charge on any atom is 0.0702 e. The van der Waals surface area contributed by atoms with Crippen molar-refractivity contribution in [3.63, 3.8) is 0 Å². The van der Waals surface area contributed by atoms with E-state index in [9.17, 15) is 0 Å². The van der Waals surface area contributed by atoms with E-state index in [4.69, 9.17) is 5.73 Å². The van der Waals surface area contributed by atoms with Gasteiger partial charge in [0, 0.05) is 30.7 Å². The zero-order valence-electron chi connectivity index (χ0n) is 12.1. The third kappa shape index (κ3) is 3.00. The average Bonchev–Trinajstić information content (AvgIpc) is 2.47. The van der Waals surface area contributed by atoms with Crippen molar-refractivity contribution >= 4 is 10.9 Å².